The summed E-state index contributed by atoms with van der Waals surface area (Å²) in [5.41, 5.74) is 2.49. The van der Waals surface area contributed by atoms with Crippen LogP contribution in [0.1, 0.15) is 26.8 Å². The first kappa shape index (κ1) is 18.9. The molecule has 1 aromatic carbocycles. The van der Waals surface area contributed by atoms with Gasteiger partial charge in [0.1, 0.15) is 5.82 Å². The summed E-state index contributed by atoms with van der Waals surface area (Å²) in [6.07, 6.45) is 3.21. The van der Waals surface area contributed by atoms with Crippen LogP contribution in [0.15, 0.2) is 60.2 Å². The molecule has 0 aliphatic carbocycles. The monoisotopic (exact) mass is 407 g/mol. The smallest absolute Gasteiger partial charge is 0.262 e. The Labute approximate surface area is 171 Å². The molecule has 4 rings (SSSR count). The SMILES string of the molecule is Cc1nc(CN(C(=O)c2cnn(-c3ccccn3)c2C)c2ccc(F)cc2)cs1. The molecule has 0 unspecified atom stereocenters. The van der Waals surface area contributed by atoms with E-state index in [-0.39, 0.29) is 18.3 Å². The highest BCUT2D eigenvalue weighted by Gasteiger charge is 2.24. The zero-order valence-electron chi connectivity index (χ0n) is 15.9. The molecule has 8 heteroatoms. The van der Waals surface area contributed by atoms with Crippen LogP contribution in [-0.4, -0.2) is 25.7 Å². The fourth-order valence-corrected chi connectivity index (χ4v) is 3.62. The standard InChI is InChI=1S/C21H18FN5OS/c1-14-19(11-24-27(14)20-5-3-4-10-23-20)21(28)26(12-17-13-29-15(2)25-17)18-8-6-16(22)7-9-18/h3-11,13H,12H2,1-2H3. The van der Waals surface area contributed by atoms with Crippen LogP contribution in [0.3, 0.4) is 0 Å². The number of pyridine rings is 1. The molecule has 0 atom stereocenters. The lowest BCUT2D eigenvalue weighted by atomic mass is 10.2. The van der Waals surface area contributed by atoms with Crippen LogP contribution in [0.4, 0.5) is 10.1 Å². The van der Waals surface area contributed by atoms with Crippen molar-refractivity contribution in [3.05, 3.63) is 88.0 Å². The maximum absolute atomic E-state index is 13.4. The minimum absolute atomic E-state index is 0.234. The predicted molar refractivity (Wildman–Crippen MR) is 110 cm³/mol. The Bertz CT molecular complexity index is 1140. The van der Waals surface area contributed by atoms with Gasteiger partial charge in [-0.05, 0) is 50.2 Å². The van der Waals surface area contributed by atoms with Crippen molar-refractivity contribution in [1.29, 1.82) is 0 Å². The average Bonchev–Trinajstić information content (AvgIpc) is 3.32. The highest BCUT2D eigenvalue weighted by Crippen LogP contribution is 2.23. The summed E-state index contributed by atoms with van der Waals surface area (Å²) in [4.78, 5) is 23.8. The molecule has 0 N–H and O–H groups in total. The molecular formula is C21H18FN5OS. The van der Waals surface area contributed by atoms with Gasteiger partial charge in [-0.1, -0.05) is 6.07 Å². The van der Waals surface area contributed by atoms with E-state index < -0.39 is 0 Å². The largest absolute Gasteiger partial charge is 0.302 e. The minimum Gasteiger partial charge on any atom is -0.302 e. The molecular weight excluding hydrogens is 389 g/mol. The van der Waals surface area contributed by atoms with Gasteiger partial charge < -0.3 is 4.90 Å². The number of amides is 1. The van der Waals surface area contributed by atoms with E-state index in [1.165, 1.54) is 29.7 Å². The second-order valence-corrected chi connectivity index (χ2v) is 7.53. The predicted octanol–water partition coefficient (Wildman–Crippen LogP) is 4.33. The summed E-state index contributed by atoms with van der Waals surface area (Å²) in [5.74, 6) is 0.0410. The Balaban J connectivity index is 1.71. The third-order valence-corrected chi connectivity index (χ3v) is 5.30. The van der Waals surface area contributed by atoms with Gasteiger partial charge >= 0.3 is 0 Å². The van der Waals surface area contributed by atoms with Crippen molar-refractivity contribution < 1.29 is 9.18 Å². The molecule has 4 aromatic rings. The molecule has 3 aromatic heterocycles. The molecule has 3 heterocycles. The molecule has 0 saturated carbocycles. The summed E-state index contributed by atoms with van der Waals surface area (Å²) in [6, 6.07) is 11.4. The second kappa shape index (κ2) is 7.92. The number of carbonyl (C=O) groups excluding carboxylic acids is 1. The molecule has 0 radical (unpaired) electrons. The van der Waals surface area contributed by atoms with Gasteiger partial charge in [-0.15, -0.1) is 11.3 Å². The Morgan fingerprint density at radius 3 is 2.62 bits per heavy atom. The third-order valence-electron chi connectivity index (χ3n) is 4.48. The number of halogens is 1. The number of rotatable bonds is 5. The van der Waals surface area contributed by atoms with Gasteiger partial charge in [-0.25, -0.2) is 19.0 Å². The van der Waals surface area contributed by atoms with E-state index in [4.69, 9.17) is 0 Å². The molecule has 0 spiro atoms. The molecule has 146 valence electrons. The number of benzene rings is 1. The van der Waals surface area contributed by atoms with Crippen molar-refractivity contribution in [2.75, 3.05) is 4.90 Å². The minimum atomic E-state index is -0.357. The van der Waals surface area contributed by atoms with Crippen molar-refractivity contribution in [3.8, 4) is 5.82 Å². The first-order valence-electron chi connectivity index (χ1n) is 8.97. The van der Waals surface area contributed by atoms with E-state index in [0.717, 1.165) is 10.7 Å². The normalized spacial score (nSPS) is 10.9. The van der Waals surface area contributed by atoms with Gasteiger partial charge in [0, 0.05) is 17.3 Å². The van der Waals surface area contributed by atoms with E-state index in [2.05, 4.69) is 15.1 Å². The van der Waals surface area contributed by atoms with Gasteiger partial charge in [0.05, 0.1) is 34.7 Å². The Hall–Kier alpha value is -3.39. The summed E-state index contributed by atoms with van der Waals surface area (Å²) in [7, 11) is 0. The van der Waals surface area contributed by atoms with E-state index >= 15 is 0 Å². The topological polar surface area (TPSA) is 63.9 Å². The second-order valence-electron chi connectivity index (χ2n) is 6.47. The maximum Gasteiger partial charge on any atom is 0.262 e. The van der Waals surface area contributed by atoms with Crippen LogP contribution in [0.2, 0.25) is 0 Å². The zero-order valence-corrected chi connectivity index (χ0v) is 16.7. The number of aromatic nitrogens is 4. The third kappa shape index (κ3) is 3.93. The van der Waals surface area contributed by atoms with Crippen LogP contribution in [-0.2, 0) is 6.54 Å². The molecule has 0 aliphatic heterocycles. The molecule has 0 fully saturated rings. The number of thiazole rings is 1. The molecule has 1 amide bonds. The number of hydrogen-bond acceptors (Lipinski definition) is 5. The van der Waals surface area contributed by atoms with Crippen molar-refractivity contribution in [2.24, 2.45) is 0 Å². The van der Waals surface area contributed by atoms with E-state index in [1.54, 1.807) is 27.9 Å². The number of carbonyl (C=O) groups is 1. The van der Waals surface area contributed by atoms with Crippen molar-refractivity contribution >= 4 is 22.9 Å². The summed E-state index contributed by atoms with van der Waals surface area (Å²) < 4.78 is 15.1. The van der Waals surface area contributed by atoms with Gasteiger partial charge in [-0.2, -0.15) is 5.10 Å². The molecule has 6 nitrogen and oxygen atoms in total. The van der Waals surface area contributed by atoms with Crippen LogP contribution >= 0.6 is 11.3 Å². The van der Waals surface area contributed by atoms with E-state index in [9.17, 15) is 9.18 Å². The fourth-order valence-electron chi connectivity index (χ4n) is 3.02. The summed E-state index contributed by atoms with van der Waals surface area (Å²) in [5, 5.41) is 7.18. The van der Waals surface area contributed by atoms with Crippen LogP contribution in [0.25, 0.3) is 5.82 Å². The van der Waals surface area contributed by atoms with E-state index in [1.807, 2.05) is 37.4 Å². The van der Waals surface area contributed by atoms with Crippen molar-refractivity contribution in [3.63, 3.8) is 0 Å². The fraction of sp³-hybridized carbons (Fsp3) is 0.143. The first-order chi connectivity index (χ1) is 14.0. The Morgan fingerprint density at radius 1 is 1.17 bits per heavy atom. The highest BCUT2D eigenvalue weighted by atomic mass is 32.1. The molecule has 0 aliphatic rings. The van der Waals surface area contributed by atoms with Gasteiger partial charge in [-0.3, -0.25) is 4.79 Å². The lowest BCUT2D eigenvalue weighted by Gasteiger charge is -2.22. The quantitative estimate of drug-likeness (QED) is 0.494. The highest BCUT2D eigenvalue weighted by molar-refractivity contribution is 7.09. The van der Waals surface area contributed by atoms with Crippen LogP contribution in [0.5, 0.6) is 0 Å². The lowest BCUT2D eigenvalue weighted by Crippen LogP contribution is -2.31. The molecule has 0 saturated heterocycles. The Morgan fingerprint density at radius 2 is 1.97 bits per heavy atom. The number of anilines is 1. The maximum atomic E-state index is 13.4. The van der Waals surface area contributed by atoms with Gasteiger partial charge in [0.15, 0.2) is 5.82 Å². The first-order valence-corrected chi connectivity index (χ1v) is 9.85. The Kier molecular flexibility index (Phi) is 5.18. The van der Waals surface area contributed by atoms with Crippen LogP contribution in [0, 0.1) is 19.7 Å². The van der Waals surface area contributed by atoms with Gasteiger partial charge in [0.2, 0.25) is 0 Å². The summed E-state index contributed by atoms with van der Waals surface area (Å²) in [6.45, 7) is 4.02. The number of nitrogens with zero attached hydrogens (tertiary/aromatic N) is 5. The van der Waals surface area contributed by atoms with Crippen molar-refractivity contribution in [1.82, 2.24) is 19.7 Å². The number of hydrogen-bond donors (Lipinski definition) is 0. The summed E-state index contributed by atoms with van der Waals surface area (Å²) >= 11 is 1.52. The van der Waals surface area contributed by atoms with Crippen LogP contribution < -0.4 is 4.90 Å². The van der Waals surface area contributed by atoms with Crippen molar-refractivity contribution in [2.45, 2.75) is 20.4 Å². The lowest BCUT2D eigenvalue weighted by molar-refractivity contribution is 0.0984. The molecule has 0 bridgehead atoms. The number of aryl methyl sites for hydroxylation is 1. The van der Waals surface area contributed by atoms with Gasteiger partial charge in [0.25, 0.3) is 5.91 Å². The average molecular weight is 407 g/mol. The molecule has 29 heavy (non-hydrogen) atoms. The van der Waals surface area contributed by atoms with E-state index in [0.29, 0.717) is 22.8 Å². The zero-order chi connectivity index (χ0) is 20.4.